The third-order valence-electron chi connectivity index (χ3n) is 6.15. The molecule has 0 spiro atoms. The lowest BCUT2D eigenvalue weighted by atomic mass is 9.83. The van der Waals surface area contributed by atoms with Crippen LogP contribution in [0.3, 0.4) is 0 Å². The Hall–Kier alpha value is -2.47. The monoisotopic (exact) mass is 446 g/mol. The van der Waals surface area contributed by atoms with Crippen molar-refractivity contribution in [2.75, 3.05) is 26.7 Å². The highest BCUT2D eigenvalue weighted by Gasteiger charge is 2.17. The van der Waals surface area contributed by atoms with Gasteiger partial charge >= 0.3 is 6.09 Å². The molecule has 1 heterocycles. The van der Waals surface area contributed by atoms with Crippen molar-refractivity contribution < 1.29 is 18.3 Å². The van der Waals surface area contributed by atoms with Crippen molar-refractivity contribution in [2.45, 2.75) is 45.4 Å². The van der Waals surface area contributed by atoms with Crippen LogP contribution >= 0.6 is 0 Å². The van der Waals surface area contributed by atoms with Crippen molar-refractivity contribution >= 4 is 6.09 Å². The van der Waals surface area contributed by atoms with Gasteiger partial charge in [-0.15, -0.1) is 0 Å². The number of amides is 1. The van der Waals surface area contributed by atoms with Gasteiger partial charge in [-0.25, -0.2) is 13.6 Å². The van der Waals surface area contributed by atoms with E-state index in [-0.39, 0.29) is 0 Å². The number of carbonyl (C=O) groups is 1. The number of aryl methyl sites for hydroxylation is 1. The second kappa shape index (κ2) is 13.8. The highest BCUT2D eigenvalue weighted by molar-refractivity contribution is 5.64. The Kier molecular flexibility index (Phi) is 11.2. The number of primary amides is 1. The van der Waals surface area contributed by atoms with E-state index < -0.39 is 17.7 Å². The highest BCUT2D eigenvalue weighted by Crippen LogP contribution is 2.26. The molecule has 1 aliphatic carbocycles. The summed E-state index contributed by atoms with van der Waals surface area (Å²) < 4.78 is 28.6. The van der Waals surface area contributed by atoms with E-state index in [1.165, 1.54) is 37.8 Å². The standard InChI is InChI=1S/C12H16.C8H16N2O2.C6H4F2/c1-2-10-7-8-11-5-3-4-6-12(11)9-10;1-10-4-2-7(3-5-10)6-12-8(9)11;7-5-3-1-2-4-6(5)8/h3-6,10H,2,7-9H2,1H3;7H,2-6H2,1H3,(H2,9,11);1-4H. The molecule has 0 saturated carbocycles. The number of likely N-dealkylation sites (tertiary alicyclic amines) is 1. The number of piperidine rings is 1. The Morgan fingerprint density at radius 1 is 0.969 bits per heavy atom. The van der Waals surface area contributed by atoms with E-state index in [0.717, 1.165) is 44.0 Å². The number of carbonyl (C=O) groups excluding carboxylic acids is 1. The average Bonchev–Trinajstić information content (AvgIpc) is 2.81. The smallest absolute Gasteiger partial charge is 0.404 e. The van der Waals surface area contributed by atoms with Crippen LogP contribution in [0.4, 0.5) is 13.6 Å². The Labute approximate surface area is 190 Å². The van der Waals surface area contributed by atoms with Crippen molar-refractivity contribution in [1.82, 2.24) is 4.90 Å². The van der Waals surface area contributed by atoms with Crippen LogP contribution in [0.15, 0.2) is 48.5 Å². The van der Waals surface area contributed by atoms with Crippen LogP contribution in [-0.2, 0) is 17.6 Å². The van der Waals surface area contributed by atoms with Crippen molar-refractivity contribution in [3.05, 3.63) is 71.3 Å². The van der Waals surface area contributed by atoms with E-state index in [0.29, 0.717) is 12.5 Å². The Morgan fingerprint density at radius 2 is 1.53 bits per heavy atom. The van der Waals surface area contributed by atoms with Crippen molar-refractivity contribution in [2.24, 2.45) is 17.6 Å². The number of nitrogens with two attached hydrogens (primary N) is 1. The number of benzene rings is 2. The first-order chi connectivity index (χ1) is 15.4. The lowest BCUT2D eigenvalue weighted by Gasteiger charge is -2.28. The van der Waals surface area contributed by atoms with Gasteiger partial charge in [0.1, 0.15) is 0 Å². The van der Waals surface area contributed by atoms with E-state index in [2.05, 4.69) is 43.1 Å². The molecule has 0 aromatic heterocycles. The highest BCUT2D eigenvalue weighted by atomic mass is 19.2. The maximum absolute atomic E-state index is 11.9. The quantitative estimate of drug-likeness (QED) is 0.669. The van der Waals surface area contributed by atoms with Crippen LogP contribution in [0.5, 0.6) is 0 Å². The Morgan fingerprint density at radius 3 is 2.06 bits per heavy atom. The first-order valence-corrected chi connectivity index (χ1v) is 11.5. The van der Waals surface area contributed by atoms with E-state index in [1.807, 2.05) is 0 Å². The number of ether oxygens (including phenoxy) is 1. The van der Waals surface area contributed by atoms with Gasteiger partial charge in [-0.3, -0.25) is 0 Å². The minimum absolute atomic E-state index is 0.489. The van der Waals surface area contributed by atoms with Gasteiger partial charge in [0.2, 0.25) is 0 Å². The normalized spacial score (nSPS) is 18.3. The van der Waals surface area contributed by atoms with Gasteiger partial charge in [-0.1, -0.05) is 49.7 Å². The van der Waals surface area contributed by atoms with Crippen molar-refractivity contribution in [3.63, 3.8) is 0 Å². The van der Waals surface area contributed by atoms with Crippen molar-refractivity contribution in [1.29, 1.82) is 0 Å². The minimum atomic E-state index is -0.799. The molecule has 1 amide bonds. The summed E-state index contributed by atoms with van der Waals surface area (Å²) in [5.41, 5.74) is 8.04. The van der Waals surface area contributed by atoms with Gasteiger partial charge < -0.3 is 15.4 Å². The molecule has 2 N–H and O–H groups in total. The number of hydrogen-bond donors (Lipinski definition) is 1. The molecule has 0 bridgehead atoms. The van der Waals surface area contributed by atoms with Crippen LogP contribution in [0.25, 0.3) is 0 Å². The summed E-state index contributed by atoms with van der Waals surface area (Å²) in [6, 6.07) is 13.9. The number of rotatable bonds is 3. The van der Waals surface area contributed by atoms with E-state index >= 15 is 0 Å². The Bertz CT molecular complexity index is 802. The lowest BCUT2D eigenvalue weighted by Crippen LogP contribution is -2.32. The first kappa shape index (κ1) is 25.8. The fourth-order valence-electron chi connectivity index (χ4n) is 3.99. The summed E-state index contributed by atoms with van der Waals surface area (Å²) in [6.45, 7) is 4.97. The summed E-state index contributed by atoms with van der Waals surface area (Å²) in [5, 5.41) is 0. The number of hydrogen-bond acceptors (Lipinski definition) is 3. The predicted molar refractivity (Wildman–Crippen MR) is 124 cm³/mol. The SMILES string of the molecule is CCC1CCc2ccccc2C1.CN1CCC(COC(N)=O)CC1.Fc1ccccc1F. The maximum Gasteiger partial charge on any atom is 0.404 e. The fourth-order valence-corrected chi connectivity index (χ4v) is 3.99. The molecule has 0 radical (unpaired) electrons. The molecular formula is C26H36F2N2O2. The zero-order valence-corrected chi connectivity index (χ0v) is 19.2. The number of nitrogens with zero attached hydrogens (tertiary/aromatic N) is 1. The zero-order chi connectivity index (χ0) is 23.3. The molecule has 2 aromatic rings. The van der Waals surface area contributed by atoms with Crippen molar-refractivity contribution in [3.8, 4) is 0 Å². The number of fused-ring (bicyclic) bond motifs is 1. The molecule has 4 nitrogen and oxygen atoms in total. The van der Waals surface area contributed by atoms with Gasteiger partial charge in [-0.2, -0.15) is 0 Å². The topological polar surface area (TPSA) is 55.6 Å². The second-order valence-corrected chi connectivity index (χ2v) is 8.58. The number of halogens is 2. The van der Waals surface area contributed by atoms with Gasteiger partial charge in [0.15, 0.2) is 11.6 Å². The largest absolute Gasteiger partial charge is 0.449 e. The third kappa shape index (κ3) is 9.35. The lowest BCUT2D eigenvalue weighted by molar-refractivity contribution is 0.109. The summed E-state index contributed by atoms with van der Waals surface area (Å²) in [7, 11) is 2.10. The van der Waals surface area contributed by atoms with E-state index in [1.54, 1.807) is 11.1 Å². The van der Waals surface area contributed by atoms with Gasteiger partial charge in [0, 0.05) is 0 Å². The van der Waals surface area contributed by atoms with Crippen LogP contribution < -0.4 is 5.73 Å². The first-order valence-electron chi connectivity index (χ1n) is 11.5. The second-order valence-electron chi connectivity index (χ2n) is 8.58. The summed E-state index contributed by atoms with van der Waals surface area (Å²) in [5.74, 6) is -0.145. The summed E-state index contributed by atoms with van der Waals surface area (Å²) in [6.07, 6.45) is 6.89. The molecule has 2 aliphatic rings. The maximum atomic E-state index is 11.9. The molecular weight excluding hydrogens is 410 g/mol. The third-order valence-corrected chi connectivity index (χ3v) is 6.15. The van der Waals surface area contributed by atoms with Crippen LogP contribution in [-0.4, -0.2) is 37.7 Å². The molecule has 176 valence electrons. The molecule has 6 heteroatoms. The molecule has 1 atom stereocenters. The summed E-state index contributed by atoms with van der Waals surface area (Å²) >= 11 is 0. The molecule has 1 unspecified atom stereocenters. The van der Waals surface area contributed by atoms with E-state index in [4.69, 9.17) is 10.5 Å². The van der Waals surface area contributed by atoms with Gasteiger partial charge in [0.05, 0.1) is 6.61 Å². The molecule has 2 aromatic carbocycles. The van der Waals surface area contributed by atoms with Crippen LogP contribution in [0.2, 0.25) is 0 Å². The van der Waals surface area contributed by atoms with E-state index in [9.17, 15) is 13.6 Å². The molecule has 1 saturated heterocycles. The van der Waals surface area contributed by atoms with Crippen LogP contribution in [0, 0.1) is 23.5 Å². The fraction of sp³-hybridized carbons (Fsp3) is 0.500. The summed E-state index contributed by atoms with van der Waals surface area (Å²) in [4.78, 5) is 12.6. The predicted octanol–water partition coefficient (Wildman–Crippen LogP) is 5.59. The van der Waals surface area contributed by atoms with Crippen LogP contribution in [0.1, 0.15) is 43.7 Å². The minimum Gasteiger partial charge on any atom is -0.449 e. The molecule has 1 fully saturated rings. The zero-order valence-electron chi connectivity index (χ0n) is 19.2. The molecule has 4 rings (SSSR count). The van der Waals surface area contributed by atoms with Gasteiger partial charge in [-0.05, 0) is 87.3 Å². The molecule has 32 heavy (non-hydrogen) atoms. The average molecular weight is 447 g/mol. The van der Waals surface area contributed by atoms with Gasteiger partial charge in [0.25, 0.3) is 0 Å². The molecule has 1 aliphatic heterocycles. The Balaban J connectivity index is 0.000000174.